The van der Waals surface area contributed by atoms with Gasteiger partial charge in [0.25, 0.3) is 0 Å². The molecule has 1 atom stereocenters. The fourth-order valence-electron chi connectivity index (χ4n) is 2.59. The highest BCUT2D eigenvalue weighted by atomic mass is 32.2. The van der Waals surface area contributed by atoms with Gasteiger partial charge in [-0.25, -0.2) is 4.79 Å². The van der Waals surface area contributed by atoms with Crippen LogP contribution in [0.5, 0.6) is 0 Å². The van der Waals surface area contributed by atoms with E-state index in [0.29, 0.717) is 17.0 Å². The fourth-order valence-corrected chi connectivity index (χ4v) is 3.54. The monoisotopic (exact) mass is 368 g/mol. The number of carbonyl (C=O) groups excluding carboxylic acids is 1. The summed E-state index contributed by atoms with van der Waals surface area (Å²) in [5.74, 6) is 1.06. The summed E-state index contributed by atoms with van der Waals surface area (Å²) in [6.07, 6.45) is 0. The summed E-state index contributed by atoms with van der Waals surface area (Å²) in [5.41, 5.74) is 8.61. The Morgan fingerprint density at radius 3 is 2.73 bits per heavy atom. The molecule has 0 radical (unpaired) electrons. The molecule has 0 fully saturated rings. The van der Waals surface area contributed by atoms with Gasteiger partial charge in [-0.3, -0.25) is 4.79 Å². The van der Waals surface area contributed by atoms with Crippen LogP contribution in [0.2, 0.25) is 0 Å². The summed E-state index contributed by atoms with van der Waals surface area (Å²) in [4.78, 5) is 23.8. The highest BCUT2D eigenvalue weighted by molar-refractivity contribution is 7.98. The van der Waals surface area contributed by atoms with Crippen LogP contribution >= 0.6 is 11.8 Å². The van der Waals surface area contributed by atoms with Gasteiger partial charge >= 0.3 is 5.63 Å². The summed E-state index contributed by atoms with van der Waals surface area (Å²) in [6.45, 7) is 1.84. The van der Waals surface area contributed by atoms with E-state index in [1.54, 1.807) is 23.9 Å². The minimum absolute atomic E-state index is 0.264. The number of anilines is 1. The number of nitrogens with one attached hydrogen (secondary N) is 1. The van der Waals surface area contributed by atoms with Crippen molar-refractivity contribution in [3.05, 3.63) is 76.1 Å². The quantitative estimate of drug-likeness (QED) is 0.652. The van der Waals surface area contributed by atoms with Gasteiger partial charge in [-0.2, -0.15) is 11.8 Å². The molecule has 3 aromatic rings. The van der Waals surface area contributed by atoms with Crippen LogP contribution in [0.15, 0.2) is 63.8 Å². The molecule has 5 nitrogen and oxygen atoms in total. The third-order valence-electron chi connectivity index (χ3n) is 3.96. The number of nitrogens with two attached hydrogens (primary N) is 1. The Kier molecular flexibility index (Phi) is 5.75. The number of amides is 1. The van der Waals surface area contributed by atoms with Crippen molar-refractivity contribution in [3.63, 3.8) is 0 Å². The first-order valence-corrected chi connectivity index (χ1v) is 9.41. The maximum atomic E-state index is 12.3. The highest BCUT2D eigenvalue weighted by Gasteiger charge is 2.14. The molecule has 0 bridgehead atoms. The summed E-state index contributed by atoms with van der Waals surface area (Å²) < 4.78 is 5.20. The lowest BCUT2D eigenvalue weighted by molar-refractivity contribution is -0.116. The smallest absolute Gasteiger partial charge is 0.336 e. The molecule has 0 spiro atoms. The first-order chi connectivity index (χ1) is 12.5. The average Bonchev–Trinajstić information content (AvgIpc) is 2.62. The Hall–Kier alpha value is -2.57. The molecule has 1 aromatic heterocycles. The van der Waals surface area contributed by atoms with E-state index >= 15 is 0 Å². The minimum atomic E-state index is -0.621. The zero-order valence-corrected chi connectivity index (χ0v) is 15.2. The molecule has 1 unspecified atom stereocenters. The van der Waals surface area contributed by atoms with Crippen molar-refractivity contribution in [1.29, 1.82) is 0 Å². The van der Waals surface area contributed by atoms with Crippen LogP contribution in [0.25, 0.3) is 11.0 Å². The number of aryl methyl sites for hydroxylation is 1. The minimum Gasteiger partial charge on any atom is -0.423 e. The second kappa shape index (κ2) is 8.21. The van der Waals surface area contributed by atoms with Gasteiger partial charge in [0.15, 0.2) is 0 Å². The van der Waals surface area contributed by atoms with Crippen molar-refractivity contribution in [2.75, 3.05) is 11.1 Å². The third-order valence-corrected chi connectivity index (χ3v) is 5.10. The molecule has 3 rings (SSSR count). The Morgan fingerprint density at radius 1 is 1.19 bits per heavy atom. The van der Waals surface area contributed by atoms with E-state index in [9.17, 15) is 9.59 Å². The molecular weight excluding hydrogens is 348 g/mol. The van der Waals surface area contributed by atoms with Crippen LogP contribution in [-0.4, -0.2) is 17.7 Å². The lowest BCUT2D eigenvalue weighted by Crippen LogP contribution is -2.37. The Labute approximate surface area is 155 Å². The van der Waals surface area contributed by atoms with Gasteiger partial charge in [0.2, 0.25) is 5.91 Å². The topological polar surface area (TPSA) is 85.3 Å². The van der Waals surface area contributed by atoms with Gasteiger partial charge in [0.05, 0.1) is 6.04 Å². The molecule has 0 saturated carbocycles. The van der Waals surface area contributed by atoms with Gasteiger partial charge in [0.1, 0.15) is 5.58 Å². The van der Waals surface area contributed by atoms with E-state index in [2.05, 4.69) is 5.32 Å². The molecule has 1 amide bonds. The molecular formula is C20H20N2O3S. The van der Waals surface area contributed by atoms with E-state index in [1.165, 1.54) is 11.6 Å². The number of hydrogen-bond acceptors (Lipinski definition) is 5. The normalized spacial score (nSPS) is 12.1. The Bertz CT molecular complexity index is 970. The number of fused-ring (bicyclic) bond motifs is 1. The molecule has 3 N–H and O–H groups in total. The highest BCUT2D eigenvalue weighted by Crippen LogP contribution is 2.21. The van der Waals surface area contributed by atoms with E-state index < -0.39 is 11.7 Å². The van der Waals surface area contributed by atoms with Crippen molar-refractivity contribution in [1.82, 2.24) is 0 Å². The standard InChI is InChI=1S/C20H20N2O3S/c1-13-9-19(23)25-18-10-15(7-8-16(13)18)22-20(24)17(21)12-26-11-14-5-3-2-4-6-14/h2-10,17H,11-12,21H2,1H3,(H,22,24). The maximum absolute atomic E-state index is 12.3. The first-order valence-electron chi connectivity index (χ1n) is 8.25. The van der Waals surface area contributed by atoms with Gasteiger partial charge < -0.3 is 15.5 Å². The molecule has 0 aliphatic heterocycles. The molecule has 0 aliphatic rings. The molecule has 2 aromatic carbocycles. The number of carbonyl (C=O) groups is 1. The number of benzene rings is 2. The zero-order valence-electron chi connectivity index (χ0n) is 14.4. The van der Waals surface area contributed by atoms with Gasteiger partial charge in [0, 0.05) is 34.7 Å². The molecule has 0 aliphatic carbocycles. The molecule has 0 saturated heterocycles. The Morgan fingerprint density at radius 2 is 1.96 bits per heavy atom. The average molecular weight is 368 g/mol. The fraction of sp³-hybridized carbons (Fsp3) is 0.200. The zero-order chi connectivity index (χ0) is 18.5. The summed E-state index contributed by atoms with van der Waals surface area (Å²) in [6, 6.07) is 16.1. The molecule has 134 valence electrons. The van der Waals surface area contributed by atoms with Crippen molar-refractivity contribution in [3.8, 4) is 0 Å². The summed E-state index contributed by atoms with van der Waals surface area (Å²) >= 11 is 1.61. The van der Waals surface area contributed by atoms with E-state index in [-0.39, 0.29) is 5.91 Å². The van der Waals surface area contributed by atoms with Gasteiger partial charge in [-0.1, -0.05) is 30.3 Å². The van der Waals surface area contributed by atoms with Crippen molar-refractivity contribution < 1.29 is 9.21 Å². The van der Waals surface area contributed by atoms with Gasteiger partial charge in [-0.15, -0.1) is 0 Å². The van der Waals surface area contributed by atoms with Crippen molar-refractivity contribution in [2.45, 2.75) is 18.7 Å². The molecule has 6 heteroatoms. The first kappa shape index (κ1) is 18.2. The largest absolute Gasteiger partial charge is 0.423 e. The lowest BCUT2D eigenvalue weighted by atomic mass is 10.1. The predicted octanol–water partition coefficient (Wildman–Crippen LogP) is 3.30. The second-order valence-corrected chi connectivity index (χ2v) is 7.09. The van der Waals surface area contributed by atoms with Gasteiger partial charge in [-0.05, 0) is 30.2 Å². The number of thioether (sulfide) groups is 1. The van der Waals surface area contributed by atoms with Crippen LogP contribution in [0.1, 0.15) is 11.1 Å². The maximum Gasteiger partial charge on any atom is 0.336 e. The summed E-state index contributed by atoms with van der Waals surface area (Å²) in [5, 5.41) is 3.62. The molecule has 1 heterocycles. The lowest BCUT2D eigenvalue weighted by Gasteiger charge is -2.12. The van der Waals surface area contributed by atoms with E-state index in [4.69, 9.17) is 10.2 Å². The Balaban J connectivity index is 1.60. The second-order valence-electron chi connectivity index (χ2n) is 6.06. The van der Waals surface area contributed by atoms with Crippen molar-refractivity contribution in [2.24, 2.45) is 5.73 Å². The van der Waals surface area contributed by atoms with E-state index in [1.807, 2.05) is 43.3 Å². The van der Waals surface area contributed by atoms with Crippen molar-refractivity contribution >= 4 is 34.3 Å². The van der Waals surface area contributed by atoms with Crippen LogP contribution in [0.4, 0.5) is 5.69 Å². The van der Waals surface area contributed by atoms with Crippen LogP contribution in [0.3, 0.4) is 0 Å². The molecule has 26 heavy (non-hydrogen) atoms. The van der Waals surface area contributed by atoms with Crippen LogP contribution in [-0.2, 0) is 10.5 Å². The third kappa shape index (κ3) is 4.53. The van der Waals surface area contributed by atoms with Crippen LogP contribution in [0, 0.1) is 6.92 Å². The SMILES string of the molecule is Cc1cc(=O)oc2cc(NC(=O)C(N)CSCc3ccccc3)ccc12. The van der Waals surface area contributed by atoms with Crippen LogP contribution < -0.4 is 16.7 Å². The van der Waals surface area contributed by atoms with E-state index in [0.717, 1.165) is 16.7 Å². The number of hydrogen-bond donors (Lipinski definition) is 2. The summed E-state index contributed by atoms with van der Waals surface area (Å²) in [7, 11) is 0. The number of rotatable bonds is 6. The predicted molar refractivity (Wildman–Crippen MR) is 106 cm³/mol.